The fourth-order valence-electron chi connectivity index (χ4n) is 2.06. The Kier molecular flexibility index (Phi) is 5.27. The molecule has 1 unspecified atom stereocenters. The molecule has 100 valence electrons. The third-order valence-electron chi connectivity index (χ3n) is 3.16. The van der Waals surface area contributed by atoms with Crippen LogP contribution in [-0.4, -0.2) is 42.9 Å². The molecule has 1 N–H and O–H groups in total. The Hall–Kier alpha value is -0.320. The second-order valence-corrected chi connectivity index (χ2v) is 5.19. The van der Waals surface area contributed by atoms with Crippen LogP contribution in [0.25, 0.3) is 0 Å². The molecule has 1 atom stereocenters. The van der Waals surface area contributed by atoms with Gasteiger partial charge in [0.25, 0.3) is 0 Å². The van der Waals surface area contributed by atoms with Crippen LogP contribution < -0.4 is 0 Å². The number of morpholine rings is 1. The number of benzene rings is 1. The molecule has 1 aliphatic heterocycles. The minimum atomic E-state index is -0.570. The zero-order valence-electron chi connectivity index (χ0n) is 10.1. The summed E-state index contributed by atoms with van der Waals surface area (Å²) >= 11 is 12.0. The molecule has 2 rings (SSSR count). The molecule has 1 fully saturated rings. The van der Waals surface area contributed by atoms with Gasteiger partial charge < -0.3 is 9.84 Å². The van der Waals surface area contributed by atoms with Crippen molar-refractivity contribution in [3.05, 3.63) is 33.8 Å². The maximum Gasteiger partial charge on any atom is 0.0817 e. The quantitative estimate of drug-likeness (QED) is 0.925. The Balaban J connectivity index is 1.90. The van der Waals surface area contributed by atoms with Gasteiger partial charge in [0.15, 0.2) is 0 Å². The van der Waals surface area contributed by atoms with Gasteiger partial charge in [-0.25, -0.2) is 0 Å². The lowest BCUT2D eigenvalue weighted by Gasteiger charge is -2.27. The van der Waals surface area contributed by atoms with Gasteiger partial charge in [0.2, 0.25) is 0 Å². The second kappa shape index (κ2) is 6.73. The molecular formula is C13H17Cl2NO2. The van der Waals surface area contributed by atoms with Crippen molar-refractivity contribution in [1.29, 1.82) is 0 Å². The molecule has 0 spiro atoms. The van der Waals surface area contributed by atoms with Gasteiger partial charge in [-0.3, -0.25) is 4.90 Å². The average molecular weight is 290 g/mol. The molecule has 0 aliphatic carbocycles. The maximum atomic E-state index is 10.2. The highest BCUT2D eigenvalue weighted by Crippen LogP contribution is 2.31. The lowest BCUT2D eigenvalue weighted by Crippen LogP contribution is -2.37. The first-order valence-corrected chi connectivity index (χ1v) is 6.86. The summed E-state index contributed by atoms with van der Waals surface area (Å²) in [4.78, 5) is 2.28. The number of rotatable bonds is 4. The van der Waals surface area contributed by atoms with Gasteiger partial charge >= 0.3 is 0 Å². The summed E-state index contributed by atoms with van der Waals surface area (Å²) in [5.41, 5.74) is 0.706. The highest BCUT2D eigenvalue weighted by molar-refractivity contribution is 6.42. The summed E-state index contributed by atoms with van der Waals surface area (Å²) in [6, 6.07) is 5.35. The van der Waals surface area contributed by atoms with E-state index in [0.717, 1.165) is 32.8 Å². The van der Waals surface area contributed by atoms with Gasteiger partial charge in [-0.2, -0.15) is 0 Å². The van der Waals surface area contributed by atoms with Crippen LogP contribution in [-0.2, 0) is 4.74 Å². The largest absolute Gasteiger partial charge is 0.388 e. The minimum Gasteiger partial charge on any atom is -0.388 e. The van der Waals surface area contributed by atoms with E-state index in [1.807, 2.05) is 12.1 Å². The molecule has 0 radical (unpaired) electrons. The zero-order chi connectivity index (χ0) is 13.0. The SMILES string of the molecule is OC(CCN1CCOCC1)c1cccc(Cl)c1Cl. The molecule has 1 aliphatic rings. The van der Waals surface area contributed by atoms with E-state index in [-0.39, 0.29) is 0 Å². The third kappa shape index (κ3) is 3.59. The van der Waals surface area contributed by atoms with Crippen LogP contribution in [0.15, 0.2) is 18.2 Å². The van der Waals surface area contributed by atoms with Crippen LogP contribution in [0.2, 0.25) is 10.0 Å². The fourth-order valence-corrected chi connectivity index (χ4v) is 2.50. The number of hydrogen-bond donors (Lipinski definition) is 1. The smallest absolute Gasteiger partial charge is 0.0817 e. The summed E-state index contributed by atoms with van der Waals surface area (Å²) < 4.78 is 5.28. The summed E-state index contributed by atoms with van der Waals surface area (Å²) in [5, 5.41) is 11.1. The van der Waals surface area contributed by atoms with Crippen molar-refractivity contribution in [3.63, 3.8) is 0 Å². The number of nitrogens with zero attached hydrogens (tertiary/aromatic N) is 1. The molecular weight excluding hydrogens is 273 g/mol. The van der Waals surface area contributed by atoms with Crippen molar-refractivity contribution < 1.29 is 9.84 Å². The predicted octanol–water partition coefficient (Wildman–Crippen LogP) is 2.75. The van der Waals surface area contributed by atoms with Gasteiger partial charge in [0, 0.05) is 25.2 Å². The van der Waals surface area contributed by atoms with E-state index in [9.17, 15) is 5.11 Å². The monoisotopic (exact) mass is 289 g/mol. The van der Waals surface area contributed by atoms with Gasteiger partial charge in [0.05, 0.1) is 29.4 Å². The van der Waals surface area contributed by atoms with E-state index in [4.69, 9.17) is 27.9 Å². The minimum absolute atomic E-state index is 0.452. The maximum absolute atomic E-state index is 10.2. The Labute approximate surface area is 117 Å². The van der Waals surface area contributed by atoms with Crippen LogP contribution in [0.4, 0.5) is 0 Å². The fraction of sp³-hybridized carbons (Fsp3) is 0.538. The van der Waals surface area contributed by atoms with Gasteiger partial charge in [-0.05, 0) is 12.5 Å². The molecule has 18 heavy (non-hydrogen) atoms. The lowest BCUT2D eigenvalue weighted by atomic mass is 10.1. The van der Waals surface area contributed by atoms with Crippen molar-refractivity contribution in [3.8, 4) is 0 Å². The van der Waals surface area contributed by atoms with E-state index < -0.39 is 6.10 Å². The molecule has 0 saturated carbocycles. The first-order chi connectivity index (χ1) is 8.68. The van der Waals surface area contributed by atoms with Crippen molar-refractivity contribution in [2.45, 2.75) is 12.5 Å². The molecule has 1 saturated heterocycles. The van der Waals surface area contributed by atoms with Crippen LogP contribution in [0.5, 0.6) is 0 Å². The van der Waals surface area contributed by atoms with E-state index in [1.165, 1.54) is 0 Å². The van der Waals surface area contributed by atoms with Crippen LogP contribution in [0.1, 0.15) is 18.1 Å². The number of aliphatic hydroxyl groups is 1. The first-order valence-electron chi connectivity index (χ1n) is 6.10. The van der Waals surface area contributed by atoms with Gasteiger partial charge in [-0.15, -0.1) is 0 Å². The standard InChI is InChI=1S/C13H17Cl2NO2/c14-11-3-1-2-10(13(11)15)12(17)4-5-16-6-8-18-9-7-16/h1-3,12,17H,4-9H2. The lowest BCUT2D eigenvalue weighted by molar-refractivity contribution is 0.0300. The highest BCUT2D eigenvalue weighted by Gasteiger charge is 2.16. The van der Waals surface area contributed by atoms with E-state index in [2.05, 4.69) is 4.90 Å². The summed E-state index contributed by atoms with van der Waals surface area (Å²) in [6.45, 7) is 4.24. The molecule has 1 aromatic carbocycles. The molecule has 5 heteroatoms. The molecule has 0 amide bonds. The molecule has 1 heterocycles. The zero-order valence-corrected chi connectivity index (χ0v) is 11.6. The Morgan fingerprint density at radius 1 is 1.28 bits per heavy atom. The Morgan fingerprint density at radius 2 is 2.00 bits per heavy atom. The van der Waals surface area contributed by atoms with E-state index in [1.54, 1.807) is 6.07 Å². The van der Waals surface area contributed by atoms with Crippen LogP contribution >= 0.6 is 23.2 Å². The molecule has 0 aromatic heterocycles. The number of halogens is 2. The predicted molar refractivity (Wildman–Crippen MR) is 73.3 cm³/mol. The van der Waals surface area contributed by atoms with Crippen molar-refractivity contribution in [1.82, 2.24) is 4.90 Å². The highest BCUT2D eigenvalue weighted by atomic mass is 35.5. The van der Waals surface area contributed by atoms with Gasteiger partial charge in [0.1, 0.15) is 0 Å². The molecule has 3 nitrogen and oxygen atoms in total. The summed E-state index contributed by atoms with van der Waals surface area (Å²) in [6.07, 6.45) is 0.0825. The van der Waals surface area contributed by atoms with Crippen molar-refractivity contribution >= 4 is 23.2 Å². The first kappa shape index (κ1) is 14.1. The normalized spacial score (nSPS) is 18.8. The summed E-state index contributed by atoms with van der Waals surface area (Å²) in [5.74, 6) is 0. The number of aliphatic hydroxyl groups excluding tert-OH is 1. The van der Waals surface area contributed by atoms with E-state index >= 15 is 0 Å². The topological polar surface area (TPSA) is 32.7 Å². The Morgan fingerprint density at radius 3 is 2.72 bits per heavy atom. The number of ether oxygens (including phenoxy) is 1. The number of hydrogen-bond acceptors (Lipinski definition) is 3. The third-order valence-corrected chi connectivity index (χ3v) is 4.00. The molecule has 1 aromatic rings. The van der Waals surface area contributed by atoms with Crippen LogP contribution in [0.3, 0.4) is 0 Å². The van der Waals surface area contributed by atoms with E-state index in [0.29, 0.717) is 22.0 Å². The van der Waals surface area contributed by atoms with Crippen LogP contribution in [0, 0.1) is 0 Å². The average Bonchev–Trinajstić information content (AvgIpc) is 2.40. The van der Waals surface area contributed by atoms with Crippen molar-refractivity contribution in [2.24, 2.45) is 0 Å². The van der Waals surface area contributed by atoms with Gasteiger partial charge in [-0.1, -0.05) is 35.3 Å². The Bertz CT molecular complexity index is 395. The molecule has 0 bridgehead atoms. The second-order valence-electron chi connectivity index (χ2n) is 4.40. The summed E-state index contributed by atoms with van der Waals surface area (Å²) in [7, 11) is 0. The van der Waals surface area contributed by atoms with Crippen molar-refractivity contribution in [2.75, 3.05) is 32.8 Å².